The molecule has 0 aromatic heterocycles. The lowest BCUT2D eigenvalue weighted by Gasteiger charge is -2.44. The molecule has 126 valence electrons. The molecule has 2 heterocycles. The van der Waals surface area contributed by atoms with Crippen molar-refractivity contribution in [2.24, 2.45) is 0 Å². The summed E-state index contributed by atoms with van der Waals surface area (Å²) in [7, 11) is 0. The van der Waals surface area contributed by atoms with Crippen molar-refractivity contribution >= 4 is 11.8 Å². The number of likely N-dealkylation sites (tertiary alicyclic amines) is 1. The van der Waals surface area contributed by atoms with Gasteiger partial charge < -0.3 is 20.1 Å². The molecule has 0 aliphatic carbocycles. The molecule has 23 heavy (non-hydrogen) atoms. The van der Waals surface area contributed by atoms with Gasteiger partial charge in [-0.05, 0) is 45.2 Å². The number of nitrogens with two attached hydrogens (primary N) is 1. The number of fused-ring (bicyclic) bond motifs is 1. The first-order valence-corrected chi connectivity index (χ1v) is 8.32. The summed E-state index contributed by atoms with van der Waals surface area (Å²) in [4.78, 5) is 14.0. The van der Waals surface area contributed by atoms with Crippen molar-refractivity contribution in [1.82, 2.24) is 4.90 Å². The van der Waals surface area contributed by atoms with Crippen molar-refractivity contribution in [1.29, 1.82) is 0 Å². The number of nitrogens with zero attached hydrogens (tertiary/aromatic N) is 1. The van der Waals surface area contributed by atoms with E-state index >= 15 is 0 Å². The van der Waals surface area contributed by atoms with Crippen LogP contribution in [0.3, 0.4) is 0 Å². The lowest BCUT2D eigenvalue weighted by Crippen LogP contribution is -2.52. The lowest BCUT2D eigenvalue weighted by atomic mass is 9.83. The number of rotatable bonds is 0. The molecule has 1 aromatic rings. The fourth-order valence-electron chi connectivity index (χ4n) is 3.29. The maximum absolute atomic E-state index is 12.2. The number of amides is 1. The van der Waals surface area contributed by atoms with Crippen LogP contribution in [-0.2, 0) is 11.2 Å². The Hall–Kier alpha value is -1.91. The normalized spacial score (nSPS) is 19.9. The monoisotopic (exact) mass is 318 g/mol. The zero-order valence-electron chi connectivity index (χ0n) is 14.2. The van der Waals surface area contributed by atoms with Gasteiger partial charge >= 0.3 is 6.09 Å². The van der Waals surface area contributed by atoms with Gasteiger partial charge in [0, 0.05) is 37.7 Å². The topological polar surface area (TPSA) is 64.8 Å². The summed E-state index contributed by atoms with van der Waals surface area (Å²) in [6.07, 6.45) is 3.43. The Bertz CT molecular complexity index is 599. The molecule has 1 saturated heterocycles. The van der Waals surface area contributed by atoms with E-state index in [9.17, 15) is 4.79 Å². The molecule has 1 fully saturated rings. The summed E-state index contributed by atoms with van der Waals surface area (Å²) >= 11 is 0. The lowest BCUT2D eigenvalue weighted by molar-refractivity contribution is -0.0272. The van der Waals surface area contributed by atoms with Gasteiger partial charge in [0.15, 0.2) is 0 Å². The van der Waals surface area contributed by atoms with E-state index in [-0.39, 0.29) is 11.7 Å². The maximum atomic E-state index is 12.2. The van der Waals surface area contributed by atoms with Gasteiger partial charge in [-0.2, -0.15) is 0 Å². The number of anilines is 1. The molecule has 1 aromatic carbocycles. The van der Waals surface area contributed by atoms with Crippen LogP contribution in [0.5, 0.6) is 5.75 Å². The van der Waals surface area contributed by atoms with Crippen LogP contribution in [0.15, 0.2) is 18.2 Å². The van der Waals surface area contributed by atoms with Gasteiger partial charge in [-0.1, -0.05) is 6.07 Å². The van der Waals surface area contributed by atoms with E-state index in [4.69, 9.17) is 15.2 Å². The predicted octanol–water partition coefficient (Wildman–Crippen LogP) is 3.36. The van der Waals surface area contributed by atoms with Gasteiger partial charge in [-0.25, -0.2) is 4.79 Å². The highest BCUT2D eigenvalue weighted by Crippen LogP contribution is 2.40. The highest BCUT2D eigenvalue weighted by Gasteiger charge is 2.41. The third-order valence-electron chi connectivity index (χ3n) is 4.59. The molecule has 0 unspecified atom stereocenters. The first kappa shape index (κ1) is 16.0. The number of carbonyl (C=O) groups is 1. The number of hydrogen-bond donors (Lipinski definition) is 1. The SMILES string of the molecule is CC(C)(C)OC(=O)N1CCC2(CCc3ccc(N)cc3O2)CC1. The van der Waals surface area contributed by atoms with Crippen molar-refractivity contribution in [3.8, 4) is 5.75 Å². The van der Waals surface area contributed by atoms with Crippen LogP contribution in [0.2, 0.25) is 0 Å². The molecular formula is C18H26N2O3. The summed E-state index contributed by atoms with van der Waals surface area (Å²) in [5, 5.41) is 0. The molecule has 0 atom stereocenters. The molecule has 0 radical (unpaired) electrons. The molecule has 5 nitrogen and oxygen atoms in total. The van der Waals surface area contributed by atoms with Crippen LogP contribution in [-0.4, -0.2) is 35.3 Å². The number of carbonyl (C=O) groups excluding carboxylic acids is 1. The Morgan fingerprint density at radius 2 is 1.96 bits per heavy atom. The van der Waals surface area contributed by atoms with Crippen molar-refractivity contribution in [2.45, 2.75) is 57.7 Å². The van der Waals surface area contributed by atoms with Crippen LogP contribution in [0.1, 0.15) is 45.6 Å². The summed E-state index contributed by atoms with van der Waals surface area (Å²) in [6, 6.07) is 5.88. The zero-order valence-corrected chi connectivity index (χ0v) is 14.2. The Balaban J connectivity index is 1.64. The minimum atomic E-state index is -0.454. The van der Waals surface area contributed by atoms with E-state index in [0.29, 0.717) is 13.1 Å². The van der Waals surface area contributed by atoms with Gasteiger partial charge in [0.2, 0.25) is 0 Å². The first-order valence-electron chi connectivity index (χ1n) is 8.32. The highest BCUT2D eigenvalue weighted by atomic mass is 16.6. The van der Waals surface area contributed by atoms with Crippen LogP contribution < -0.4 is 10.5 Å². The molecule has 2 aliphatic heterocycles. The largest absolute Gasteiger partial charge is 0.487 e. The van der Waals surface area contributed by atoms with E-state index < -0.39 is 5.60 Å². The second-order valence-electron chi connectivity index (χ2n) is 7.62. The Kier molecular flexibility index (Phi) is 3.90. The van der Waals surface area contributed by atoms with Crippen molar-refractivity contribution in [3.05, 3.63) is 23.8 Å². The van der Waals surface area contributed by atoms with E-state index in [1.54, 1.807) is 4.90 Å². The predicted molar refractivity (Wildman–Crippen MR) is 89.6 cm³/mol. The van der Waals surface area contributed by atoms with Gasteiger partial charge in [-0.15, -0.1) is 0 Å². The van der Waals surface area contributed by atoms with Crippen LogP contribution in [0.4, 0.5) is 10.5 Å². The average molecular weight is 318 g/mol. The van der Waals surface area contributed by atoms with Crippen molar-refractivity contribution in [3.63, 3.8) is 0 Å². The Labute approximate surface area is 137 Å². The minimum Gasteiger partial charge on any atom is -0.487 e. The standard InChI is InChI=1S/C18H26N2O3/c1-17(2,3)23-16(21)20-10-8-18(9-11-20)7-6-13-4-5-14(19)12-15(13)22-18/h4-5,12H,6-11,19H2,1-3H3. The fraction of sp³-hybridized carbons (Fsp3) is 0.611. The second kappa shape index (κ2) is 5.62. The third kappa shape index (κ3) is 3.54. The summed E-state index contributed by atoms with van der Waals surface area (Å²) in [5.41, 5.74) is 7.20. The molecule has 2 N–H and O–H groups in total. The average Bonchev–Trinajstić information content (AvgIpc) is 2.45. The number of piperidine rings is 1. The molecule has 1 spiro atoms. The van der Waals surface area contributed by atoms with E-state index in [0.717, 1.165) is 37.1 Å². The molecule has 3 rings (SSSR count). The van der Waals surface area contributed by atoms with Gasteiger partial charge in [0.1, 0.15) is 17.0 Å². The second-order valence-corrected chi connectivity index (χ2v) is 7.62. The Morgan fingerprint density at radius 1 is 1.26 bits per heavy atom. The maximum Gasteiger partial charge on any atom is 0.410 e. The highest BCUT2D eigenvalue weighted by molar-refractivity contribution is 5.68. The number of hydrogen-bond acceptors (Lipinski definition) is 4. The van der Waals surface area contributed by atoms with Crippen LogP contribution >= 0.6 is 0 Å². The molecule has 5 heteroatoms. The van der Waals surface area contributed by atoms with E-state index in [1.807, 2.05) is 39.0 Å². The van der Waals surface area contributed by atoms with Crippen LogP contribution in [0.25, 0.3) is 0 Å². The van der Waals surface area contributed by atoms with Crippen molar-refractivity contribution < 1.29 is 14.3 Å². The van der Waals surface area contributed by atoms with Gasteiger partial charge in [-0.3, -0.25) is 0 Å². The number of aryl methyl sites for hydroxylation is 1. The molecular weight excluding hydrogens is 292 g/mol. The zero-order chi connectivity index (χ0) is 16.7. The molecule has 0 bridgehead atoms. The summed E-state index contributed by atoms with van der Waals surface area (Å²) in [5.74, 6) is 0.905. The number of ether oxygens (including phenoxy) is 2. The smallest absolute Gasteiger partial charge is 0.410 e. The fourth-order valence-corrected chi connectivity index (χ4v) is 3.29. The summed E-state index contributed by atoms with van der Waals surface area (Å²) in [6.45, 7) is 7.02. The summed E-state index contributed by atoms with van der Waals surface area (Å²) < 4.78 is 11.8. The van der Waals surface area contributed by atoms with Gasteiger partial charge in [0.05, 0.1) is 0 Å². The molecule has 2 aliphatic rings. The number of benzene rings is 1. The molecule has 0 saturated carbocycles. The quantitative estimate of drug-likeness (QED) is 0.745. The molecule has 1 amide bonds. The number of nitrogen functional groups attached to an aromatic ring is 1. The minimum absolute atomic E-state index is 0.167. The van der Waals surface area contributed by atoms with Crippen molar-refractivity contribution in [2.75, 3.05) is 18.8 Å². The van der Waals surface area contributed by atoms with Crippen LogP contribution in [0, 0.1) is 0 Å². The first-order chi connectivity index (χ1) is 10.8. The Morgan fingerprint density at radius 3 is 2.61 bits per heavy atom. The van der Waals surface area contributed by atoms with Gasteiger partial charge in [0.25, 0.3) is 0 Å². The van der Waals surface area contributed by atoms with E-state index in [1.165, 1.54) is 5.56 Å². The third-order valence-corrected chi connectivity index (χ3v) is 4.59. The van der Waals surface area contributed by atoms with E-state index in [2.05, 4.69) is 0 Å².